The first-order valence-corrected chi connectivity index (χ1v) is 5.42. The molecule has 80 valence electrons. The third kappa shape index (κ3) is 1.59. The second kappa shape index (κ2) is 3.46. The van der Waals surface area contributed by atoms with Crippen LogP contribution in [-0.2, 0) is 5.41 Å². The van der Waals surface area contributed by atoms with Crippen molar-refractivity contribution in [3.05, 3.63) is 34.9 Å². The minimum atomic E-state index is 0.0734. The molecular weight excluding hydrogens is 186 g/mol. The molecule has 1 aliphatic rings. The van der Waals surface area contributed by atoms with Crippen molar-refractivity contribution < 1.29 is 4.79 Å². The van der Waals surface area contributed by atoms with Gasteiger partial charge in [-0.05, 0) is 38.3 Å². The Balaban J connectivity index is 2.48. The summed E-state index contributed by atoms with van der Waals surface area (Å²) in [6, 6.07) is 6.20. The van der Waals surface area contributed by atoms with E-state index in [1.165, 1.54) is 0 Å². The maximum Gasteiger partial charge on any atom is 0.150 e. The Morgan fingerprint density at radius 2 is 2.13 bits per heavy atom. The Morgan fingerprint density at radius 3 is 2.60 bits per heavy atom. The number of hydrogen-bond donors (Lipinski definition) is 1. The lowest BCUT2D eigenvalue weighted by Gasteiger charge is -2.21. The second-order valence-corrected chi connectivity index (χ2v) is 4.65. The molecule has 0 aromatic heterocycles. The number of rotatable bonds is 3. The number of nitrogens with two attached hydrogens (primary N) is 1. The van der Waals surface area contributed by atoms with E-state index in [2.05, 4.69) is 12.1 Å². The first-order valence-electron chi connectivity index (χ1n) is 5.42. The van der Waals surface area contributed by atoms with Crippen molar-refractivity contribution in [1.82, 2.24) is 0 Å². The van der Waals surface area contributed by atoms with Crippen LogP contribution in [0.4, 0.5) is 0 Å². The van der Waals surface area contributed by atoms with Gasteiger partial charge in [-0.2, -0.15) is 0 Å². The summed E-state index contributed by atoms with van der Waals surface area (Å²) in [7, 11) is 0. The molecule has 0 aliphatic heterocycles. The third-order valence-corrected chi connectivity index (χ3v) is 3.53. The zero-order chi connectivity index (χ0) is 11.1. The second-order valence-electron chi connectivity index (χ2n) is 4.65. The number of hydrogen-bond acceptors (Lipinski definition) is 2. The van der Waals surface area contributed by atoms with Gasteiger partial charge in [0.25, 0.3) is 0 Å². The van der Waals surface area contributed by atoms with Crippen LogP contribution >= 0.6 is 0 Å². The van der Waals surface area contributed by atoms with Crippen LogP contribution in [-0.4, -0.2) is 12.3 Å². The van der Waals surface area contributed by atoms with Gasteiger partial charge in [0.15, 0.2) is 0 Å². The molecule has 1 fully saturated rings. The topological polar surface area (TPSA) is 43.1 Å². The molecule has 1 unspecified atom stereocenters. The first-order chi connectivity index (χ1) is 7.10. The lowest BCUT2D eigenvalue weighted by molar-refractivity contribution is 0.112. The average Bonchev–Trinajstić information content (AvgIpc) is 2.98. The van der Waals surface area contributed by atoms with Gasteiger partial charge in [0.05, 0.1) is 0 Å². The molecule has 2 rings (SSSR count). The maximum atomic E-state index is 11.0. The summed E-state index contributed by atoms with van der Waals surface area (Å²) in [6.07, 6.45) is 3.16. The molecule has 15 heavy (non-hydrogen) atoms. The summed E-state index contributed by atoms with van der Waals surface area (Å²) in [5.41, 5.74) is 9.16. The zero-order valence-corrected chi connectivity index (χ0v) is 9.29. The van der Waals surface area contributed by atoms with Crippen LogP contribution in [0.15, 0.2) is 18.2 Å². The van der Waals surface area contributed by atoms with Gasteiger partial charge >= 0.3 is 0 Å². The molecule has 0 radical (unpaired) electrons. The van der Waals surface area contributed by atoms with Crippen LogP contribution in [0.2, 0.25) is 0 Å². The van der Waals surface area contributed by atoms with E-state index in [4.69, 9.17) is 5.73 Å². The van der Waals surface area contributed by atoms with Gasteiger partial charge in [-0.1, -0.05) is 17.7 Å². The molecule has 0 heterocycles. The van der Waals surface area contributed by atoms with E-state index >= 15 is 0 Å². The highest BCUT2D eigenvalue weighted by molar-refractivity contribution is 5.79. The Labute approximate surface area is 90.5 Å². The van der Waals surface area contributed by atoms with Crippen LogP contribution in [0, 0.1) is 6.92 Å². The normalized spacial score (nSPS) is 19.7. The van der Waals surface area contributed by atoms with Crippen molar-refractivity contribution in [2.75, 3.05) is 0 Å². The van der Waals surface area contributed by atoms with Crippen LogP contribution in [0.25, 0.3) is 0 Å². The average molecular weight is 203 g/mol. The Hall–Kier alpha value is -1.15. The zero-order valence-electron chi connectivity index (χ0n) is 9.29. The number of aldehydes is 1. The number of benzene rings is 1. The Kier molecular flexibility index (Phi) is 2.39. The van der Waals surface area contributed by atoms with Crippen LogP contribution in [0.5, 0.6) is 0 Å². The molecule has 0 spiro atoms. The molecule has 0 bridgehead atoms. The standard InChI is InChI=1S/C13H17NO/c1-9-3-4-12(11(7-9)8-15)13(5-6-13)10(2)14/h3-4,7-8,10H,5-6,14H2,1-2H3. The van der Waals surface area contributed by atoms with Crippen molar-refractivity contribution in [1.29, 1.82) is 0 Å². The SMILES string of the molecule is Cc1ccc(C2(C(C)N)CC2)c(C=O)c1. The molecule has 1 saturated carbocycles. The molecule has 1 aromatic rings. The van der Waals surface area contributed by atoms with Gasteiger partial charge in [0.1, 0.15) is 6.29 Å². The molecule has 2 N–H and O–H groups in total. The summed E-state index contributed by atoms with van der Waals surface area (Å²) < 4.78 is 0. The third-order valence-electron chi connectivity index (χ3n) is 3.53. The first kappa shape index (κ1) is 10.4. The number of aryl methyl sites for hydroxylation is 1. The largest absolute Gasteiger partial charge is 0.327 e. The van der Waals surface area contributed by atoms with Gasteiger partial charge in [0, 0.05) is 17.0 Å². The van der Waals surface area contributed by atoms with E-state index in [0.29, 0.717) is 0 Å². The van der Waals surface area contributed by atoms with Gasteiger partial charge in [-0.25, -0.2) is 0 Å². The van der Waals surface area contributed by atoms with E-state index in [9.17, 15) is 4.79 Å². The summed E-state index contributed by atoms with van der Waals surface area (Å²) in [4.78, 5) is 11.0. The van der Waals surface area contributed by atoms with Crippen LogP contribution < -0.4 is 5.73 Å². The van der Waals surface area contributed by atoms with E-state index in [1.807, 2.05) is 19.9 Å². The van der Waals surface area contributed by atoms with Crippen molar-refractivity contribution in [2.24, 2.45) is 5.73 Å². The van der Waals surface area contributed by atoms with Crippen molar-refractivity contribution >= 4 is 6.29 Å². The number of carbonyl (C=O) groups is 1. The van der Waals surface area contributed by atoms with Gasteiger partial charge in [-0.3, -0.25) is 4.79 Å². The summed E-state index contributed by atoms with van der Waals surface area (Å²) in [6.45, 7) is 4.03. The summed E-state index contributed by atoms with van der Waals surface area (Å²) in [5.74, 6) is 0. The molecule has 1 atom stereocenters. The van der Waals surface area contributed by atoms with Gasteiger partial charge in [0.2, 0.25) is 0 Å². The van der Waals surface area contributed by atoms with E-state index < -0.39 is 0 Å². The highest BCUT2D eigenvalue weighted by atomic mass is 16.1. The lowest BCUT2D eigenvalue weighted by atomic mass is 9.86. The highest BCUT2D eigenvalue weighted by Crippen LogP contribution is 2.51. The monoisotopic (exact) mass is 203 g/mol. The van der Waals surface area contributed by atoms with Gasteiger partial charge in [-0.15, -0.1) is 0 Å². The minimum absolute atomic E-state index is 0.0734. The predicted molar refractivity (Wildman–Crippen MR) is 61.1 cm³/mol. The fraction of sp³-hybridized carbons (Fsp3) is 0.462. The Morgan fingerprint density at radius 1 is 1.47 bits per heavy atom. The van der Waals surface area contributed by atoms with Crippen molar-refractivity contribution in [3.8, 4) is 0 Å². The lowest BCUT2D eigenvalue weighted by Crippen LogP contribution is -2.32. The van der Waals surface area contributed by atoms with E-state index in [1.54, 1.807) is 0 Å². The van der Waals surface area contributed by atoms with Gasteiger partial charge < -0.3 is 5.73 Å². The van der Waals surface area contributed by atoms with Crippen molar-refractivity contribution in [3.63, 3.8) is 0 Å². The van der Waals surface area contributed by atoms with Crippen LogP contribution in [0.1, 0.15) is 41.3 Å². The quantitative estimate of drug-likeness (QED) is 0.765. The van der Waals surface area contributed by atoms with Crippen molar-refractivity contribution in [2.45, 2.75) is 38.1 Å². The molecule has 2 heteroatoms. The fourth-order valence-corrected chi connectivity index (χ4v) is 2.34. The predicted octanol–water partition coefficient (Wildman–Crippen LogP) is 2.19. The molecule has 0 saturated heterocycles. The highest BCUT2D eigenvalue weighted by Gasteiger charge is 2.48. The molecule has 1 aromatic carbocycles. The molecule has 1 aliphatic carbocycles. The fourth-order valence-electron chi connectivity index (χ4n) is 2.34. The maximum absolute atomic E-state index is 11.0. The molecule has 2 nitrogen and oxygen atoms in total. The molecular formula is C13H17NO. The summed E-state index contributed by atoms with van der Waals surface area (Å²) in [5, 5.41) is 0. The number of carbonyl (C=O) groups excluding carboxylic acids is 1. The minimum Gasteiger partial charge on any atom is -0.327 e. The molecule has 0 amide bonds. The van der Waals surface area contributed by atoms with Crippen LogP contribution in [0.3, 0.4) is 0 Å². The smallest absolute Gasteiger partial charge is 0.150 e. The van der Waals surface area contributed by atoms with E-state index in [-0.39, 0.29) is 11.5 Å². The van der Waals surface area contributed by atoms with E-state index in [0.717, 1.165) is 35.8 Å². The summed E-state index contributed by atoms with van der Waals surface area (Å²) >= 11 is 0. The Bertz CT molecular complexity index is 392.